The molecule has 31 heavy (non-hydrogen) atoms. The van der Waals surface area contributed by atoms with Crippen molar-refractivity contribution in [1.82, 2.24) is 24.9 Å². The molecule has 5 rings (SSSR count). The summed E-state index contributed by atoms with van der Waals surface area (Å²) in [6.07, 6.45) is 6.14. The topological polar surface area (TPSA) is 70.4 Å². The Balaban J connectivity index is 1.38. The third-order valence-corrected chi connectivity index (χ3v) is 6.47. The predicted molar refractivity (Wildman–Crippen MR) is 120 cm³/mol. The first kappa shape index (κ1) is 19.5. The number of benzene rings is 1. The second-order valence-corrected chi connectivity index (χ2v) is 8.58. The Labute approximate surface area is 182 Å². The van der Waals surface area contributed by atoms with Crippen molar-refractivity contribution in [2.75, 3.05) is 43.5 Å². The molecule has 8 nitrogen and oxygen atoms in total. The van der Waals surface area contributed by atoms with E-state index in [9.17, 15) is 4.79 Å². The van der Waals surface area contributed by atoms with Gasteiger partial charge in [-0.05, 0) is 31.0 Å². The van der Waals surface area contributed by atoms with E-state index in [0.29, 0.717) is 24.1 Å². The Bertz CT molecular complexity index is 1100. The van der Waals surface area contributed by atoms with Crippen LogP contribution in [-0.2, 0) is 0 Å². The molecular weight excluding hydrogens is 390 g/mol. The first-order valence-corrected chi connectivity index (χ1v) is 10.7. The molecule has 0 radical (unpaired) electrons. The van der Waals surface area contributed by atoms with Crippen LogP contribution in [0.5, 0.6) is 0 Å². The lowest BCUT2D eigenvalue weighted by Crippen LogP contribution is -2.65. The highest BCUT2D eigenvalue weighted by molar-refractivity contribution is 5.98. The minimum Gasteiger partial charge on any atom is -0.378 e. The predicted octanol–water partition coefficient (Wildman–Crippen LogP) is 2.39. The standard InChI is InChI=1S/C23H27N7O/c1-16-5-4-6-19(22(16)30-25-10-11-26-30)23(31)28-12-8-17-14-29(20(17)15-28)21-13-18(27(2)3)7-9-24-21/h4-7,9-11,13,17,20H,8,12,14-15H2,1-3H3/t17-,20-/m0/s1. The van der Waals surface area contributed by atoms with Gasteiger partial charge in [0.15, 0.2) is 0 Å². The van der Waals surface area contributed by atoms with Crippen LogP contribution < -0.4 is 9.80 Å². The third kappa shape index (κ3) is 3.41. The normalized spacial score (nSPS) is 20.2. The monoisotopic (exact) mass is 417 g/mol. The number of carbonyl (C=O) groups excluding carboxylic acids is 1. The van der Waals surface area contributed by atoms with Gasteiger partial charge in [0.1, 0.15) is 11.5 Å². The highest BCUT2D eigenvalue weighted by Gasteiger charge is 2.44. The zero-order chi connectivity index (χ0) is 21.5. The number of fused-ring (bicyclic) bond motifs is 1. The van der Waals surface area contributed by atoms with Crippen LogP contribution in [-0.4, -0.2) is 70.6 Å². The van der Waals surface area contributed by atoms with Crippen molar-refractivity contribution < 1.29 is 4.79 Å². The van der Waals surface area contributed by atoms with Crippen LogP contribution in [0.25, 0.3) is 5.69 Å². The van der Waals surface area contributed by atoms with Gasteiger partial charge in [0.05, 0.1) is 24.0 Å². The van der Waals surface area contributed by atoms with Gasteiger partial charge in [-0.1, -0.05) is 12.1 Å². The van der Waals surface area contributed by atoms with Gasteiger partial charge >= 0.3 is 0 Å². The van der Waals surface area contributed by atoms with E-state index in [2.05, 4.69) is 31.0 Å². The van der Waals surface area contributed by atoms with Gasteiger partial charge in [0, 0.05) is 57.6 Å². The Morgan fingerprint density at radius 3 is 2.68 bits per heavy atom. The molecule has 3 aromatic rings. The number of aromatic nitrogens is 4. The molecule has 2 aliphatic heterocycles. The van der Waals surface area contributed by atoms with Gasteiger partial charge in [-0.2, -0.15) is 15.0 Å². The smallest absolute Gasteiger partial charge is 0.256 e. The number of anilines is 2. The first-order valence-electron chi connectivity index (χ1n) is 10.7. The summed E-state index contributed by atoms with van der Waals surface area (Å²) in [4.78, 5) is 26.1. The first-order chi connectivity index (χ1) is 15.0. The Kier molecular flexibility index (Phi) is 4.84. The molecular formula is C23H27N7O. The molecule has 2 aliphatic rings. The molecule has 0 aliphatic carbocycles. The summed E-state index contributed by atoms with van der Waals surface area (Å²) in [5.74, 6) is 1.63. The molecule has 0 unspecified atom stereocenters. The lowest BCUT2D eigenvalue weighted by atomic mass is 9.82. The summed E-state index contributed by atoms with van der Waals surface area (Å²) in [5.41, 5.74) is 3.51. The van der Waals surface area contributed by atoms with Crippen LogP contribution in [0.15, 0.2) is 48.9 Å². The quantitative estimate of drug-likeness (QED) is 0.649. The van der Waals surface area contributed by atoms with Crippen LogP contribution in [0.1, 0.15) is 22.3 Å². The van der Waals surface area contributed by atoms with Crippen molar-refractivity contribution in [3.63, 3.8) is 0 Å². The molecule has 2 saturated heterocycles. The number of nitrogens with zero attached hydrogens (tertiary/aromatic N) is 7. The number of aryl methyl sites for hydroxylation is 1. The summed E-state index contributed by atoms with van der Waals surface area (Å²) >= 11 is 0. The van der Waals surface area contributed by atoms with Gasteiger partial charge in [-0.3, -0.25) is 4.79 Å². The Morgan fingerprint density at radius 1 is 1.10 bits per heavy atom. The highest BCUT2D eigenvalue weighted by Crippen LogP contribution is 2.37. The SMILES string of the molecule is Cc1cccc(C(=O)N2CC[C@H]3CN(c4cc(N(C)C)ccn4)[C@H]3C2)c1-n1nccn1. The number of amides is 1. The summed E-state index contributed by atoms with van der Waals surface area (Å²) in [6, 6.07) is 10.2. The number of pyridine rings is 1. The van der Waals surface area contributed by atoms with Crippen molar-refractivity contribution in [1.29, 1.82) is 0 Å². The second-order valence-electron chi connectivity index (χ2n) is 8.58. The fourth-order valence-corrected chi connectivity index (χ4v) is 4.69. The van der Waals surface area contributed by atoms with Crippen LogP contribution in [0.3, 0.4) is 0 Å². The van der Waals surface area contributed by atoms with Crippen molar-refractivity contribution in [3.8, 4) is 5.69 Å². The fraction of sp³-hybridized carbons (Fsp3) is 0.391. The largest absolute Gasteiger partial charge is 0.378 e. The average molecular weight is 418 g/mol. The molecule has 2 atom stereocenters. The summed E-state index contributed by atoms with van der Waals surface area (Å²) in [5, 5.41) is 8.52. The maximum atomic E-state index is 13.5. The lowest BCUT2D eigenvalue weighted by Gasteiger charge is -2.54. The minimum absolute atomic E-state index is 0.0382. The maximum Gasteiger partial charge on any atom is 0.256 e. The number of hydrogen-bond acceptors (Lipinski definition) is 6. The van der Waals surface area contributed by atoms with E-state index in [-0.39, 0.29) is 5.91 Å². The lowest BCUT2D eigenvalue weighted by molar-refractivity contribution is 0.0591. The number of likely N-dealkylation sites (tertiary alicyclic amines) is 1. The van der Waals surface area contributed by atoms with Crippen molar-refractivity contribution in [2.45, 2.75) is 19.4 Å². The van der Waals surface area contributed by atoms with E-state index >= 15 is 0 Å². The van der Waals surface area contributed by atoms with E-state index in [4.69, 9.17) is 0 Å². The number of carbonyl (C=O) groups is 1. The summed E-state index contributed by atoms with van der Waals surface area (Å²) < 4.78 is 0. The second kappa shape index (κ2) is 7.68. The molecule has 160 valence electrons. The molecule has 0 N–H and O–H groups in total. The Morgan fingerprint density at radius 2 is 1.90 bits per heavy atom. The zero-order valence-electron chi connectivity index (χ0n) is 18.1. The molecule has 2 aromatic heterocycles. The molecule has 4 heterocycles. The van der Waals surface area contributed by atoms with Gasteiger partial charge in [-0.15, -0.1) is 0 Å². The summed E-state index contributed by atoms with van der Waals surface area (Å²) in [7, 11) is 4.07. The molecule has 0 saturated carbocycles. The van der Waals surface area contributed by atoms with E-state index in [0.717, 1.165) is 42.3 Å². The number of para-hydroxylation sites is 1. The zero-order valence-corrected chi connectivity index (χ0v) is 18.1. The van der Waals surface area contributed by atoms with Gasteiger partial charge in [0.2, 0.25) is 0 Å². The molecule has 1 aromatic carbocycles. The van der Waals surface area contributed by atoms with Crippen LogP contribution in [0, 0.1) is 12.8 Å². The third-order valence-electron chi connectivity index (χ3n) is 6.47. The van der Waals surface area contributed by atoms with E-state index in [1.807, 2.05) is 56.4 Å². The van der Waals surface area contributed by atoms with Crippen molar-refractivity contribution in [3.05, 3.63) is 60.0 Å². The minimum atomic E-state index is 0.0382. The molecule has 2 fully saturated rings. The van der Waals surface area contributed by atoms with Gasteiger partial charge < -0.3 is 14.7 Å². The van der Waals surface area contributed by atoms with Crippen molar-refractivity contribution in [2.24, 2.45) is 5.92 Å². The molecule has 1 amide bonds. The fourth-order valence-electron chi connectivity index (χ4n) is 4.69. The summed E-state index contributed by atoms with van der Waals surface area (Å²) in [6.45, 7) is 4.47. The van der Waals surface area contributed by atoms with Crippen LogP contribution in [0.2, 0.25) is 0 Å². The van der Waals surface area contributed by atoms with E-state index < -0.39 is 0 Å². The highest BCUT2D eigenvalue weighted by atomic mass is 16.2. The van der Waals surface area contributed by atoms with Crippen LogP contribution >= 0.6 is 0 Å². The number of piperidine rings is 1. The van der Waals surface area contributed by atoms with Crippen LogP contribution in [0.4, 0.5) is 11.5 Å². The number of hydrogen-bond donors (Lipinski definition) is 0. The van der Waals surface area contributed by atoms with Gasteiger partial charge in [-0.25, -0.2) is 4.98 Å². The van der Waals surface area contributed by atoms with Gasteiger partial charge in [0.25, 0.3) is 5.91 Å². The van der Waals surface area contributed by atoms with Crippen molar-refractivity contribution >= 4 is 17.4 Å². The molecule has 8 heteroatoms. The maximum absolute atomic E-state index is 13.5. The average Bonchev–Trinajstić information content (AvgIpc) is 3.28. The Hall–Kier alpha value is -3.42. The number of rotatable bonds is 4. The molecule has 0 bridgehead atoms. The van der Waals surface area contributed by atoms with E-state index in [1.54, 1.807) is 17.2 Å². The van der Waals surface area contributed by atoms with E-state index in [1.165, 1.54) is 0 Å². The molecule has 0 spiro atoms.